The van der Waals surface area contributed by atoms with Crippen LogP contribution in [0.1, 0.15) is 20.3 Å². The fourth-order valence-electron chi connectivity index (χ4n) is 2.25. The molecule has 0 amide bonds. The van der Waals surface area contributed by atoms with Gasteiger partial charge in [-0.15, -0.1) is 0 Å². The van der Waals surface area contributed by atoms with E-state index in [9.17, 15) is 8.42 Å². The number of anilines is 1. The number of hydrogen-bond donors (Lipinski definition) is 1. The standard InChI is InChI=1S/C15H21N3O2S/c1-4-10-18(5-2)21(19,20)13-7-8-14-12(11-13)6-9-15(16-3)17-14/h6-9,11H,4-5,10H2,1-3H3,(H,16,17). The molecule has 0 unspecified atom stereocenters. The van der Waals surface area contributed by atoms with Crippen molar-refractivity contribution < 1.29 is 8.42 Å². The summed E-state index contributed by atoms with van der Waals surface area (Å²) in [6, 6.07) is 8.78. The minimum Gasteiger partial charge on any atom is -0.373 e. The SMILES string of the molecule is CCCN(CC)S(=O)(=O)c1ccc2nc(NC)ccc2c1. The van der Waals surface area contributed by atoms with Crippen LogP contribution in [0.2, 0.25) is 0 Å². The topological polar surface area (TPSA) is 62.3 Å². The number of nitrogens with zero attached hydrogens (tertiary/aromatic N) is 2. The molecule has 1 heterocycles. The molecule has 0 saturated heterocycles. The quantitative estimate of drug-likeness (QED) is 0.891. The van der Waals surface area contributed by atoms with E-state index in [0.29, 0.717) is 18.0 Å². The highest BCUT2D eigenvalue weighted by Crippen LogP contribution is 2.22. The molecule has 0 saturated carbocycles. The number of rotatable bonds is 6. The van der Waals surface area contributed by atoms with Gasteiger partial charge in [-0.3, -0.25) is 0 Å². The van der Waals surface area contributed by atoms with E-state index >= 15 is 0 Å². The fraction of sp³-hybridized carbons (Fsp3) is 0.400. The summed E-state index contributed by atoms with van der Waals surface area (Å²) in [6.07, 6.45) is 0.799. The lowest BCUT2D eigenvalue weighted by Crippen LogP contribution is -2.31. The molecule has 1 aromatic carbocycles. The van der Waals surface area contributed by atoms with Gasteiger partial charge in [-0.1, -0.05) is 13.8 Å². The molecule has 21 heavy (non-hydrogen) atoms. The Labute approximate surface area is 126 Å². The average Bonchev–Trinajstić information content (AvgIpc) is 2.51. The van der Waals surface area contributed by atoms with Crippen molar-refractivity contribution in [2.45, 2.75) is 25.2 Å². The van der Waals surface area contributed by atoms with E-state index in [1.165, 1.54) is 4.31 Å². The first kappa shape index (κ1) is 15.7. The summed E-state index contributed by atoms with van der Waals surface area (Å²) < 4.78 is 26.7. The van der Waals surface area contributed by atoms with Crippen molar-refractivity contribution >= 4 is 26.7 Å². The molecule has 0 aliphatic rings. The van der Waals surface area contributed by atoms with Crippen LogP contribution >= 0.6 is 0 Å². The predicted molar refractivity (Wildman–Crippen MR) is 86.0 cm³/mol. The predicted octanol–water partition coefficient (Wildman–Crippen LogP) is 2.70. The molecule has 1 aromatic heterocycles. The largest absolute Gasteiger partial charge is 0.373 e. The Balaban J connectivity index is 2.47. The average molecular weight is 307 g/mol. The van der Waals surface area contributed by atoms with Crippen LogP contribution in [-0.2, 0) is 10.0 Å². The van der Waals surface area contributed by atoms with Crippen molar-refractivity contribution in [2.75, 3.05) is 25.5 Å². The third-order valence-electron chi connectivity index (χ3n) is 3.38. The molecule has 0 aliphatic heterocycles. The number of aromatic nitrogens is 1. The van der Waals surface area contributed by atoms with Gasteiger partial charge < -0.3 is 5.32 Å². The van der Waals surface area contributed by atoms with Crippen LogP contribution in [0.15, 0.2) is 35.2 Å². The number of pyridine rings is 1. The molecule has 6 heteroatoms. The number of fused-ring (bicyclic) bond motifs is 1. The number of nitrogens with one attached hydrogen (secondary N) is 1. The zero-order chi connectivity index (χ0) is 15.5. The van der Waals surface area contributed by atoms with Crippen LogP contribution in [-0.4, -0.2) is 37.8 Å². The molecule has 114 valence electrons. The van der Waals surface area contributed by atoms with E-state index in [0.717, 1.165) is 23.1 Å². The molecule has 2 aromatic rings. The maximum atomic E-state index is 12.6. The monoisotopic (exact) mass is 307 g/mol. The number of sulfonamides is 1. The summed E-state index contributed by atoms with van der Waals surface area (Å²) in [6.45, 7) is 4.84. The van der Waals surface area contributed by atoms with Crippen LogP contribution in [0, 0.1) is 0 Å². The second-order valence-electron chi connectivity index (χ2n) is 4.80. The summed E-state index contributed by atoms with van der Waals surface area (Å²) in [5.41, 5.74) is 0.777. The maximum absolute atomic E-state index is 12.6. The molecule has 2 rings (SSSR count). The maximum Gasteiger partial charge on any atom is 0.243 e. The van der Waals surface area contributed by atoms with Crippen molar-refractivity contribution in [1.82, 2.24) is 9.29 Å². The summed E-state index contributed by atoms with van der Waals surface area (Å²) in [5, 5.41) is 3.79. The van der Waals surface area contributed by atoms with Crippen molar-refractivity contribution in [3.8, 4) is 0 Å². The minimum atomic E-state index is -3.43. The zero-order valence-corrected chi connectivity index (χ0v) is 13.4. The normalized spacial score (nSPS) is 12.0. The fourth-order valence-corrected chi connectivity index (χ4v) is 3.83. The first-order chi connectivity index (χ1) is 10.0. The molecule has 0 spiro atoms. The van der Waals surface area contributed by atoms with Gasteiger partial charge in [0.2, 0.25) is 10.0 Å². The lowest BCUT2D eigenvalue weighted by atomic mass is 10.2. The molecule has 0 fully saturated rings. The summed E-state index contributed by atoms with van der Waals surface area (Å²) in [4.78, 5) is 4.72. The lowest BCUT2D eigenvalue weighted by Gasteiger charge is -2.19. The molecular formula is C15H21N3O2S. The van der Waals surface area contributed by atoms with E-state index in [-0.39, 0.29) is 0 Å². The highest BCUT2D eigenvalue weighted by Gasteiger charge is 2.22. The van der Waals surface area contributed by atoms with Gasteiger partial charge in [0.15, 0.2) is 0 Å². The third kappa shape index (κ3) is 3.16. The van der Waals surface area contributed by atoms with E-state index < -0.39 is 10.0 Å². The molecule has 1 N–H and O–H groups in total. The van der Waals surface area contributed by atoms with E-state index in [1.807, 2.05) is 26.0 Å². The Kier molecular flexibility index (Phi) is 4.80. The van der Waals surface area contributed by atoms with Gasteiger partial charge in [0.1, 0.15) is 5.82 Å². The Morgan fingerprint density at radius 3 is 2.57 bits per heavy atom. The van der Waals surface area contributed by atoms with Gasteiger partial charge in [0.25, 0.3) is 0 Å². The Hall–Kier alpha value is -1.66. The first-order valence-corrected chi connectivity index (χ1v) is 8.55. The van der Waals surface area contributed by atoms with Crippen LogP contribution in [0.3, 0.4) is 0 Å². The minimum absolute atomic E-state index is 0.323. The van der Waals surface area contributed by atoms with E-state index in [2.05, 4.69) is 10.3 Å². The van der Waals surface area contributed by atoms with Crippen molar-refractivity contribution in [3.05, 3.63) is 30.3 Å². The molecule has 0 atom stereocenters. The van der Waals surface area contributed by atoms with Gasteiger partial charge in [0, 0.05) is 25.5 Å². The molecule has 0 radical (unpaired) electrons. The first-order valence-electron chi connectivity index (χ1n) is 7.11. The second-order valence-corrected chi connectivity index (χ2v) is 6.74. The molecule has 5 nitrogen and oxygen atoms in total. The smallest absolute Gasteiger partial charge is 0.243 e. The van der Waals surface area contributed by atoms with Gasteiger partial charge in [-0.05, 0) is 36.8 Å². The molecular weight excluding hydrogens is 286 g/mol. The summed E-state index contributed by atoms with van der Waals surface area (Å²) in [7, 11) is -1.63. The summed E-state index contributed by atoms with van der Waals surface area (Å²) >= 11 is 0. The highest BCUT2D eigenvalue weighted by molar-refractivity contribution is 7.89. The highest BCUT2D eigenvalue weighted by atomic mass is 32.2. The Morgan fingerprint density at radius 2 is 1.95 bits per heavy atom. The van der Waals surface area contributed by atoms with Gasteiger partial charge in [-0.2, -0.15) is 4.31 Å². The third-order valence-corrected chi connectivity index (χ3v) is 5.35. The van der Waals surface area contributed by atoms with Crippen LogP contribution < -0.4 is 5.32 Å². The number of hydrogen-bond acceptors (Lipinski definition) is 4. The van der Waals surface area contributed by atoms with Crippen LogP contribution in [0.4, 0.5) is 5.82 Å². The summed E-state index contributed by atoms with van der Waals surface area (Å²) in [5.74, 6) is 0.763. The zero-order valence-electron chi connectivity index (χ0n) is 12.6. The van der Waals surface area contributed by atoms with Crippen molar-refractivity contribution in [1.29, 1.82) is 0 Å². The van der Waals surface area contributed by atoms with Gasteiger partial charge in [0.05, 0.1) is 10.4 Å². The van der Waals surface area contributed by atoms with Crippen LogP contribution in [0.5, 0.6) is 0 Å². The molecule has 0 bridgehead atoms. The Bertz CT molecular complexity index is 729. The molecule has 0 aliphatic carbocycles. The van der Waals surface area contributed by atoms with E-state index in [4.69, 9.17) is 0 Å². The van der Waals surface area contributed by atoms with Gasteiger partial charge in [-0.25, -0.2) is 13.4 Å². The Morgan fingerprint density at radius 1 is 1.19 bits per heavy atom. The van der Waals surface area contributed by atoms with Crippen molar-refractivity contribution in [3.63, 3.8) is 0 Å². The van der Waals surface area contributed by atoms with Gasteiger partial charge >= 0.3 is 0 Å². The van der Waals surface area contributed by atoms with Crippen molar-refractivity contribution in [2.24, 2.45) is 0 Å². The number of benzene rings is 1. The van der Waals surface area contributed by atoms with Crippen LogP contribution in [0.25, 0.3) is 10.9 Å². The van der Waals surface area contributed by atoms with E-state index in [1.54, 1.807) is 25.2 Å². The second kappa shape index (κ2) is 6.41. The lowest BCUT2D eigenvalue weighted by molar-refractivity contribution is 0.427.